The van der Waals surface area contributed by atoms with E-state index in [2.05, 4.69) is 5.10 Å². The topological polar surface area (TPSA) is 44.1 Å². The molecule has 0 aliphatic rings. The van der Waals surface area contributed by atoms with Gasteiger partial charge in [-0.15, -0.1) is 0 Å². The van der Waals surface area contributed by atoms with Gasteiger partial charge in [-0.25, -0.2) is 4.68 Å². The summed E-state index contributed by atoms with van der Waals surface area (Å²) in [4.78, 5) is 13.1. The van der Waals surface area contributed by atoms with E-state index < -0.39 is 0 Å². The van der Waals surface area contributed by atoms with Crippen LogP contribution < -0.4 is 4.74 Å². The molecule has 0 fully saturated rings. The third-order valence-electron chi connectivity index (χ3n) is 4.97. The molecule has 0 bridgehead atoms. The third-order valence-corrected chi connectivity index (χ3v) is 5.54. The van der Waals surface area contributed by atoms with Crippen molar-refractivity contribution in [2.75, 3.05) is 7.11 Å². The standard InChI is InChI=1S/C23H18Cl2N2O2/c1-14(20-8-7-17(24)11-21(20)25)23(28)15-6-9-22-16(10-15)13-26-27(22)18-4-3-5-19(12-18)29-2/h3-14H,1-2H3. The fourth-order valence-corrected chi connectivity index (χ4v) is 3.95. The molecule has 0 amide bonds. The lowest BCUT2D eigenvalue weighted by Crippen LogP contribution is -2.10. The summed E-state index contributed by atoms with van der Waals surface area (Å²) in [6.45, 7) is 1.85. The van der Waals surface area contributed by atoms with Crippen molar-refractivity contribution < 1.29 is 9.53 Å². The molecule has 0 aliphatic carbocycles. The zero-order valence-electron chi connectivity index (χ0n) is 15.9. The van der Waals surface area contributed by atoms with E-state index in [1.54, 1.807) is 31.5 Å². The van der Waals surface area contributed by atoms with E-state index in [1.165, 1.54) is 0 Å². The van der Waals surface area contributed by atoms with Crippen LogP contribution in [0.15, 0.2) is 66.9 Å². The number of ketones is 1. The van der Waals surface area contributed by atoms with Gasteiger partial charge in [0.2, 0.25) is 0 Å². The van der Waals surface area contributed by atoms with Gasteiger partial charge in [-0.3, -0.25) is 4.79 Å². The number of fused-ring (bicyclic) bond motifs is 1. The zero-order chi connectivity index (χ0) is 20.5. The van der Waals surface area contributed by atoms with E-state index in [0.717, 1.165) is 27.9 Å². The molecule has 6 heteroatoms. The first-order chi connectivity index (χ1) is 14.0. The van der Waals surface area contributed by atoms with Crippen molar-refractivity contribution in [3.8, 4) is 11.4 Å². The Balaban J connectivity index is 1.68. The van der Waals surface area contributed by atoms with Crippen molar-refractivity contribution >= 4 is 39.9 Å². The van der Waals surface area contributed by atoms with Gasteiger partial charge in [0.05, 0.1) is 24.5 Å². The number of benzene rings is 3. The molecule has 3 aromatic carbocycles. The molecule has 1 atom stereocenters. The molecule has 29 heavy (non-hydrogen) atoms. The Morgan fingerprint density at radius 2 is 1.90 bits per heavy atom. The Hall–Kier alpha value is -2.82. The van der Waals surface area contributed by atoms with Crippen LogP contribution in [0.2, 0.25) is 10.0 Å². The van der Waals surface area contributed by atoms with Crippen LogP contribution in [0.25, 0.3) is 16.6 Å². The van der Waals surface area contributed by atoms with Gasteiger partial charge in [0.15, 0.2) is 5.78 Å². The lowest BCUT2D eigenvalue weighted by molar-refractivity contribution is 0.0966. The summed E-state index contributed by atoms with van der Waals surface area (Å²) in [6, 6.07) is 18.5. The molecule has 146 valence electrons. The minimum atomic E-state index is -0.384. The normalized spacial score (nSPS) is 12.1. The molecule has 0 N–H and O–H groups in total. The number of halogens is 2. The Labute approximate surface area is 178 Å². The van der Waals surface area contributed by atoms with Gasteiger partial charge in [0, 0.05) is 33.0 Å². The first-order valence-corrected chi connectivity index (χ1v) is 9.85. The first kappa shape index (κ1) is 19.5. The lowest BCUT2D eigenvalue weighted by Gasteiger charge is -2.13. The van der Waals surface area contributed by atoms with Gasteiger partial charge >= 0.3 is 0 Å². The Bertz CT molecular complexity index is 1220. The van der Waals surface area contributed by atoms with E-state index in [-0.39, 0.29) is 11.7 Å². The first-order valence-electron chi connectivity index (χ1n) is 9.09. The van der Waals surface area contributed by atoms with Gasteiger partial charge in [-0.1, -0.05) is 42.3 Å². The number of carbonyl (C=O) groups is 1. The maximum Gasteiger partial charge on any atom is 0.170 e. The van der Waals surface area contributed by atoms with Crippen LogP contribution in [-0.2, 0) is 0 Å². The molecule has 1 heterocycles. The third kappa shape index (κ3) is 3.74. The van der Waals surface area contributed by atoms with Crippen molar-refractivity contribution in [1.29, 1.82) is 0 Å². The second kappa shape index (κ2) is 7.90. The number of rotatable bonds is 5. The highest BCUT2D eigenvalue weighted by Gasteiger charge is 2.20. The second-order valence-electron chi connectivity index (χ2n) is 6.78. The van der Waals surface area contributed by atoms with Crippen LogP contribution in [0.3, 0.4) is 0 Å². The summed E-state index contributed by atoms with van der Waals surface area (Å²) in [5, 5.41) is 6.40. The molecule has 4 rings (SSSR count). The largest absolute Gasteiger partial charge is 0.497 e. The van der Waals surface area contributed by atoms with Crippen molar-refractivity contribution in [1.82, 2.24) is 9.78 Å². The minimum Gasteiger partial charge on any atom is -0.497 e. The summed E-state index contributed by atoms with van der Waals surface area (Å²) in [6.07, 6.45) is 1.76. The van der Waals surface area contributed by atoms with Gasteiger partial charge < -0.3 is 4.74 Å². The number of methoxy groups -OCH3 is 1. The fourth-order valence-electron chi connectivity index (χ4n) is 3.38. The molecule has 0 radical (unpaired) electrons. The van der Waals surface area contributed by atoms with Gasteiger partial charge in [-0.05, 0) is 48.0 Å². The number of carbonyl (C=O) groups excluding carboxylic acids is 1. The smallest absolute Gasteiger partial charge is 0.170 e. The van der Waals surface area contributed by atoms with Crippen LogP contribution >= 0.6 is 23.2 Å². The zero-order valence-corrected chi connectivity index (χ0v) is 17.4. The highest BCUT2D eigenvalue weighted by Crippen LogP contribution is 2.31. The van der Waals surface area contributed by atoms with Crippen molar-refractivity contribution in [3.05, 3.63) is 88.0 Å². The number of hydrogen-bond acceptors (Lipinski definition) is 3. The average Bonchev–Trinajstić information content (AvgIpc) is 3.16. The van der Waals surface area contributed by atoms with Crippen LogP contribution in [-0.4, -0.2) is 22.7 Å². The second-order valence-corrected chi connectivity index (χ2v) is 7.63. The fraction of sp³-hybridized carbons (Fsp3) is 0.130. The summed E-state index contributed by atoms with van der Waals surface area (Å²) in [5.74, 6) is 0.363. The predicted molar refractivity (Wildman–Crippen MR) is 117 cm³/mol. The molecule has 0 aliphatic heterocycles. The number of Topliss-reactive ketones (excluding diaryl/α,β-unsaturated/α-hetero) is 1. The van der Waals surface area contributed by atoms with Gasteiger partial charge in [-0.2, -0.15) is 5.10 Å². The summed E-state index contributed by atoms with van der Waals surface area (Å²) >= 11 is 12.3. The highest BCUT2D eigenvalue weighted by molar-refractivity contribution is 6.35. The molecular formula is C23H18Cl2N2O2. The van der Waals surface area contributed by atoms with E-state index in [1.807, 2.05) is 54.1 Å². The molecule has 0 saturated heterocycles. The monoisotopic (exact) mass is 424 g/mol. The van der Waals surface area contributed by atoms with E-state index in [4.69, 9.17) is 27.9 Å². The van der Waals surface area contributed by atoms with Crippen molar-refractivity contribution in [3.63, 3.8) is 0 Å². The summed E-state index contributed by atoms with van der Waals surface area (Å²) < 4.78 is 7.12. The lowest BCUT2D eigenvalue weighted by atomic mass is 9.92. The Morgan fingerprint density at radius 3 is 2.66 bits per heavy atom. The van der Waals surface area contributed by atoms with Crippen LogP contribution in [0, 0.1) is 0 Å². The summed E-state index contributed by atoms with van der Waals surface area (Å²) in [5.41, 5.74) is 3.17. The molecule has 0 saturated carbocycles. The van der Waals surface area contributed by atoms with Crippen LogP contribution in [0.5, 0.6) is 5.75 Å². The maximum atomic E-state index is 13.1. The van der Waals surface area contributed by atoms with E-state index in [0.29, 0.717) is 15.6 Å². The van der Waals surface area contributed by atoms with Gasteiger partial charge in [0.1, 0.15) is 5.75 Å². The quantitative estimate of drug-likeness (QED) is 0.351. The summed E-state index contributed by atoms with van der Waals surface area (Å²) in [7, 11) is 1.63. The van der Waals surface area contributed by atoms with Gasteiger partial charge in [0.25, 0.3) is 0 Å². The number of nitrogens with zero attached hydrogens (tertiary/aromatic N) is 2. The Morgan fingerprint density at radius 1 is 1.07 bits per heavy atom. The number of hydrogen-bond donors (Lipinski definition) is 0. The van der Waals surface area contributed by atoms with Crippen LogP contribution in [0.1, 0.15) is 28.8 Å². The highest BCUT2D eigenvalue weighted by atomic mass is 35.5. The van der Waals surface area contributed by atoms with E-state index in [9.17, 15) is 4.79 Å². The molecule has 4 nitrogen and oxygen atoms in total. The molecule has 1 aromatic heterocycles. The van der Waals surface area contributed by atoms with Crippen molar-refractivity contribution in [2.24, 2.45) is 0 Å². The number of ether oxygens (including phenoxy) is 1. The minimum absolute atomic E-state index is 0.00903. The molecular weight excluding hydrogens is 407 g/mol. The predicted octanol–water partition coefficient (Wildman–Crippen LogP) is 6.33. The average molecular weight is 425 g/mol. The van der Waals surface area contributed by atoms with Crippen molar-refractivity contribution in [2.45, 2.75) is 12.8 Å². The number of aromatic nitrogens is 2. The Kier molecular flexibility index (Phi) is 5.31. The molecule has 0 spiro atoms. The molecule has 4 aromatic rings. The van der Waals surface area contributed by atoms with E-state index >= 15 is 0 Å². The van der Waals surface area contributed by atoms with Crippen LogP contribution in [0.4, 0.5) is 0 Å². The maximum absolute atomic E-state index is 13.1. The SMILES string of the molecule is COc1cccc(-n2ncc3cc(C(=O)C(C)c4ccc(Cl)cc4Cl)ccc32)c1. The molecule has 1 unspecified atom stereocenters.